The van der Waals surface area contributed by atoms with Crippen molar-refractivity contribution in [1.29, 1.82) is 0 Å². The molecule has 1 aliphatic heterocycles. The molecule has 1 aromatic rings. The van der Waals surface area contributed by atoms with Crippen LogP contribution >= 0.6 is 0 Å². The number of hydrogen-bond acceptors (Lipinski definition) is 4. The standard InChI is InChI=1S/C14H18N2O3/c1-2-18-9-4-7-16-14(17)11-5-3-6-12-13(11)19-10-8-15-12/h2-3,5-6,15H,1,4,7-10H2,(H,16,17). The van der Waals surface area contributed by atoms with E-state index in [0.717, 1.165) is 18.7 Å². The molecule has 0 spiro atoms. The molecular formula is C14H18N2O3. The van der Waals surface area contributed by atoms with Crippen molar-refractivity contribution in [3.63, 3.8) is 0 Å². The molecule has 0 unspecified atom stereocenters. The number of benzene rings is 1. The van der Waals surface area contributed by atoms with Crippen molar-refractivity contribution in [3.05, 3.63) is 36.6 Å². The molecule has 0 radical (unpaired) electrons. The van der Waals surface area contributed by atoms with Crippen LogP contribution in [0.2, 0.25) is 0 Å². The second-order valence-electron chi connectivity index (χ2n) is 4.10. The highest BCUT2D eigenvalue weighted by atomic mass is 16.5. The molecule has 5 nitrogen and oxygen atoms in total. The highest BCUT2D eigenvalue weighted by Crippen LogP contribution is 2.30. The van der Waals surface area contributed by atoms with Gasteiger partial charge in [0.25, 0.3) is 5.91 Å². The summed E-state index contributed by atoms with van der Waals surface area (Å²) in [7, 11) is 0. The van der Waals surface area contributed by atoms with Crippen molar-refractivity contribution >= 4 is 11.6 Å². The van der Waals surface area contributed by atoms with Crippen LogP contribution in [-0.2, 0) is 4.74 Å². The Labute approximate surface area is 112 Å². The van der Waals surface area contributed by atoms with Crippen LogP contribution < -0.4 is 15.4 Å². The fourth-order valence-corrected chi connectivity index (χ4v) is 1.89. The van der Waals surface area contributed by atoms with Crippen LogP contribution in [0.25, 0.3) is 0 Å². The third kappa shape index (κ3) is 3.40. The first-order chi connectivity index (χ1) is 9.33. The molecular weight excluding hydrogens is 244 g/mol. The van der Waals surface area contributed by atoms with Gasteiger partial charge >= 0.3 is 0 Å². The largest absolute Gasteiger partial charge is 0.502 e. The fourth-order valence-electron chi connectivity index (χ4n) is 1.89. The molecule has 19 heavy (non-hydrogen) atoms. The van der Waals surface area contributed by atoms with Gasteiger partial charge in [0.2, 0.25) is 0 Å². The molecule has 0 aliphatic carbocycles. The van der Waals surface area contributed by atoms with Gasteiger partial charge in [-0.3, -0.25) is 4.79 Å². The second-order valence-corrected chi connectivity index (χ2v) is 4.10. The van der Waals surface area contributed by atoms with Gasteiger partial charge in [0.1, 0.15) is 6.61 Å². The summed E-state index contributed by atoms with van der Waals surface area (Å²) < 4.78 is 10.5. The van der Waals surface area contributed by atoms with E-state index in [1.54, 1.807) is 6.07 Å². The van der Waals surface area contributed by atoms with Crippen molar-refractivity contribution in [1.82, 2.24) is 5.32 Å². The number of ether oxygens (including phenoxy) is 2. The number of carbonyl (C=O) groups is 1. The summed E-state index contributed by atoms with van der Waals surface area (Å²) in [6.45, 7) is 5.90. The fraction of sp³-hybridized carbons (Fsp3) is 0.357. The van der Waals surface area contributed by atoms with Gasteiger partial charge in [-0.05, 0) is 18.6 Å². The number of rotatable bonds is 6. The average molecular weight is 262 g/mol. The molecule has 0 atom stereocenters. The van der Waals surface area contributed by atoms with Crippen molar-refractivity contribution < 1.29 is 14.3 Å². The number of hydrogen-bond donors (Lipinski definition) is 2. The molecule has 0 saturated heterocycles. The van der Waals surface area contributed by atoms with Gasteiger partial charge < -0.3 is 20.1 Å². The van der Waals surface area contributed by atoms with Crippen LogP contribution in [0.4, 0.5) is 5.69 Å². The third-order valence-electron chi connectivity index (χ3n) is 2.77. The zero-order valence-corrected chi connectivity index (χ0v) is 10.8. The van der Waals surface area contributed by atoms with E-state index in [4.69, 9.17) is 9.47 Å². The van der Waals surface area contributed by atoms with E-state index in [1.165, 1.54) is 6.26 Å². The van der Waals surface area contributed by atoms with Crippen molar-refractivity contribution in [2.24, 2.45) is 0 Å². The highest BCUT2D eigenvalue weighted by molar-refractivity contribution is 5.98. The Hall–Kier alpha value is -2.17. The normalized spacial score (nSPS) is 12.6. The topological polar surface area (TPSA) is 59.6 Å². The number of anilines is 1. The predicted octanol–water partition coefficient (Wildman–Crippen LogP) is 1.77. The molecule has 0 saturated carbocycles. The lowest BCUT2D eigenvalue weighted by molar-refractivity contribution is 0.0946. The van der Waals surface area contributed by atoms with Crippen molar-refractivity contribution in [2.75, 3.05) is 31.6 Å². The summed E-state index contributed by atoms with van der Waals surface area (Å²) in [6.07, 6.45) is 2.14. The second kappa shape index (κ2) is 6.68. The van der Waals surface area contributed by atoms with Gasteiger partial charge in [-0.2, -0.15) is 0 Å². The first kappa shape index (κ1) is 13.3. The lowest BCUT2D eigenvalue weighted by Gasteiger charge is -2.21. The lowest BCUT2D eigenvalue weighted by atomic mass is 10.1. The molecule has 2 rings (SSSR count). The summed E-state index contributed by atoms with van der Waals surface area (Å²) in [6, 6.07) is 5.51. The maximum Gasteiger partial charge on any atom is 0.255 e. The van der Waals surface area contributed by atoms with Gasteiger partial charge in [0.15, 0.2) is 5.75 Å². The summed E-state index contributed by atoms with van der Waals surface area (Å²) >= 11 is 0. The van der Waals surface area contributed by atoms with Crippen LogP contribution in [0.5, 0.6) is 5.75 Å². The number of amides is 1. The van der Waals surface area contributed by atoms with Crippen LogP contribution in [0.15, 0.2) is 31.0 Å². The minimum Gasteiger partial charge on any atom is -0.502 e. The number of para-hydroxylation sites is 1. The molecule has 5 heteroatoms. The SMILES string of the molecule is C=COCCCNC(=O)c1cccc2c1OCCN2. The Kier molecular flexibility index (Phi) is 4.66. The highest BCUT2D eigenvalue weighted by Gasteiger charge is 2.18. The number of carbonyl (C=O) groups excluding carboxylic acids is 1. The average Bonchev–Trinajstić information content (AvgIpc) is 2.46. The molecule has 0 fully saturated rings. The van der Waals surface area contributed by atoms with Gasteiger partial charge in [-0.1, -0.05) is 12.6 Å². The summed E-state index contributed by atoms with van der Waals surface area (Å²) in [5.74, 6) is 0.507. The molecule has 2 N–H and O–H groups in total. The van der Waals surface area contributed by atoms with Crippen LogP contribution in [0.1, 0.15) is 16.8 Å². The summed E-state index contributed by atoms with van der Waals surface area (Å²) in [4.78, 5) is 12.1. The summed E-state index contributed by atoms with van der Waals surface area (Å²) in [5, 5.41) is 6.05. The monoisotopic (exact) mass is 262 g/mol. The zero-order valence-electron chi connectivity index (χ0n) is 10.8. The number of nitrogens with one attached hydrogen (secondary N) is 2. The van der Waals surface area contributed by atoms with Crippen LogP contribution in [-0.4, -0.2) is 32.2 Å². The van der Waals surface area contributed by atoms with E-state index in [2.05, 4.69) is 17.2 Å². The van der Waals surface area contributed by atoms with E-state index < -0.39 is 0 Å². The Morgan fingerprint density at radius 3 is 3.32 bits per heavy atom. The van der Waals surface area contributed by atoms with E-state index in [0.29, 0.717) is 31.1 Å². The van der Waals surface area contributed by atoms with E-state index in [1.807, 2.05) is 12.1 Å². The first-order valence-corrected chi connectivity index (χ1v) is 6.33. The molecule has 1 aromatic carbocycles. The van der Waals surface area contributed by atoms with Crippen molar-refractivity contribution in [3.8, 4) is 5.75 Å². The predicted molar refractivity (Wildman–Crippen MR) is 73.5 cm³/mol. The first-order valence-electron chi connectivity index (χ1n) is 6.33. The Morgan fingerprint density at radius 1 is 1.58 bits per heavy atom. The molecule has 102 valence electrons. The Balaban J connectivity index is 1.93. The van der Waals surface area contributed by atoms with Gasteiger partial charge in [0.05, 0.1) is 24.1 Å². The van der Waals surface area contributed by atoms with E-state index in [-0.39, 0.29) is 5.91 Å². The molecule has 1 amide bonds. The Morgan fingerprint density at radius 2 is 2.47 bits per heavy atom. The molecule has 1 aliphatic rings. The minimum absolute atomic E-state index is 0.126. The molecule has 0 bridgehead atoms. The maximum absolute atomic E-state index is 12.1. The lowest BCUT2D eigenvalue weighted by Crippen LogP contribution is -2.27. The molecule has 1 heterocycles. The smallest absolute Gasteiger partial charge is 0.255 e. The maximum atomic E-state index is 12.1. The van der Waals surface area contributed by atoms with Gasteiger partial charge in [0, 0.05) is 13.1 Å². The Bertz CT molecular complexity index is 460. The van der Waals surface area contributed by atoms with Crippen molar-refractivity contribution in [2.45, 2.75) is 6.42 Å². The van der Waals surface area contributed by atoms with Gasteiger partial charge in [-0.15, -0.1) is 0 Å². The van der Waals surface area contributed by atoms with Gasteiger partial charge in [-0.25, -0.2) is 0 Å². The third-order valence-corrected chi connectivity index (χ3v) is 2.77. The minimum atomic E-state index is -0.126. The number of fused-ring (bicyclic) bond motifs is 1. The van der Waals surface area contributed by atoms with Crippen LogP contribution in [0, 0.1) is 0 Å². The quantitative estimate of drug-likeness (QED) is 0.606. The van der Waals surface area contributed by atoms with Crippen LogP contribution in [0.3, 0.4) is 0 Å². The molecule has 0 aromatic heterocycles. The van der Waals surface area contributed by atoms with E-state index in [9.17, 15) is 4.79 Å². The van der Waals surface area contributed by atoms with E-state index >= 15 is 0 Å². The zero-order chi connectivity index (χ0) is 13.5. The summed E-state index contributed by atoms with van der Waals surface area (Å²) in [5.41, 5.74) is 1.43.